The molecular weight excluding hydrogens is 338 g/mol. The Morgan fingerprint density at radius 2 is 1.91 bits per heavy atom. The number of nitrogens with one attached hydrogen (secondary N) is 1. The van der Waals surface area contributed by atoms with Crippen LogP contribution in [0.5, 0.6) is 0 Å². The maximum Gasteiger partial charge on any atom is 0.260 e. The van der Waals surface area contributed by atoms with E-state index in [2.05, 4.69) is 5.32 Å². The van der Waals surface area contributed by atoms with Gasteiger partial charge in [-0.2, -0.15) is 0 Å². The van der Waals surface area contributed by atoms with Crippen LogP contribution in [0.25, 0.3) is 0 Å². The smallest absolute Gasteiger partial charge is 0.260 e. The van der Waals surface area contributed by atoms with Crippen molar-refractivity contribution in [2.75, 3.05) is 18.0 Å². The summed E-state index contributed by atoms with van der Waals surface area (Å²) in [5.41, 5.74) is 0.983. The van der Waals surface area contributed by atoms with E-state index in [0.717, 1.165) is 13.0 Å². The van der Waals surface area contributed by atoms with Gasteiger partial charge < -0.3 is 10.2 Å². The van der Waals surface area contributed by atoms with Crippen LogP contribution in [-0.4, -0.2) is 25.0 Å². The summed E-state index contributed by atoms with van der Waals surface area (Å²) in [6.45, 7) is 1.51. The molecule has 0 aromatic heterocycles. The van der Waals surface area contributed by atoms with Gasteiger partial charge in [-0.25, -0.2) is 4.39 Å². The highest BCUT2D eigenvalue weighted by atomic mass is 35.5. The second-order valence-corrected chi connectivity index (χ2v) is 6.18. The molecule has 0 aliphatic carbocycles. The predicted octanol–water partition coefficient (Wildman–Crippen LogP) is 4.14. The molecule has 1 unspecified atom stereocenters. The SMILES string of the molecule is O=C(c1cccc(Cl)c1Cl)N(c1ccc(F)cc1)C1CCNC1. The van der Waals surface area contributed by atoms with Gasteiger partial charge in [0, 0.05) is 12.2 Å². The zero-order chi connectivity index (χ0) is 16.4. The van der Waals surface area contributed by atoms with Crippen molar-refractivity contribution in [2.45, 2.75) is 12.5 Å². The Bertz CT molecular complexity index is 715. The summed E-state index contributed by atoms with van der Waals surface area (Å²) in [6.07, 6.45) is 0.821. The molecule has 1 amide bonds. The third kappa shape index (κ3) is 3.34. The van der Waals surface area contributed by atoms with Crippen molar-refractivity contribution in [1.29, 1.82) is 0 Å². The van der Waals surface area contributed by atoms with Gasteiger partial charge in [0.1, 0.15) is 5.82 Å². The highest BCUT2D eigenvalue weighted by Gasteiger charge is 2.30. The fourth-order valence-electron chi connectivity index (χ4n) is 2.75. The van der Waals surface area contributed by atoms with Crippen molar-refractivity contribution >= 4 is 34.8 Å². The minimum absolute atomic E-state index is 0.0111. The molecule has 1 atom stereocenters. The quantitative estimate of drug-likeness (QED) is 0.900. The van der Waals surface area contributed by atoms with Crippen LogP contribution in [0, 0.1) is 5.82 Å². The van der Waals surface area contributed by atoms with E-state index in [0.29, 0.717) is 22.8 Å². The molecule has 6 heteroatoms. The van der Waals surface area contributed by atoms with E-state index < -0.39 is 0 Å². The first kappa shape index (κ1) is 16.2. The Morgan fingerprint density at radius 1 is 1.17 bits per heavy atom. The van der Waals surface area contributed by atoms with E-state index in [1.807, 2.05) is 0 Å². The van der Waals surface area contributed by atoms with Crippen LogP contribution in [0.1, 0.15) is 16.8 Å². The zero-order valence-electron chi connectivity index (χ0n) is 12.2. The van der Waals surface area contributed by atoms with Gasteiger partial charge in [-0.15, -0.1) is 0 Å². The summed E-state index contributed by atoms with van der Waals surface area (Å²) in [5.74, 6) is -0.579. The first-order valence-electron chi connectivity index (χ1n) is 7.32. The van der Waals surface area contributed by atoms with Crippen molar-refractivity contribution in [2.24, 2.45) is 0 Å². The molecule has 0 saturated carbocycles. The highest BCUT2D eigenvalue weighted by molar-refractivity contribution is 6.44. The fraction of sp³-hybridized carbons (Fsp3) is 0.235. The zero-order valence-corrected chi connectivity index (χ0v) is 13.7. The largest absolute Gasteiger partial charge is 0.315 e. The van der Waals surface area contributed by atoms with Crippen molar-refractivity contribution in [3.8, 4) is 0 Å². The molecule has 2 aromatic carbocycles. The molecule has 1 saturated heterocycles. The van der Waals surface area contributed by atoms with Crippen molar-refractivity contribution < 1.29 is 9.18 Å². The normalized spacial score (nSPS) is 17.3. The van der Waals surface area contributed by atoms with Crippen LogP contribution >= 0.6 is 23.2 Å². The third-order valence-electron chi connectivity index (χ3n) is 3.91. The summed E-state index contributed by atoms with van der Waals surface area (Å²) in [6, 6.07) is 10.9. The Morgan fingerprint density at radius 3 is 2.57 bits per heavy atom. The monoisotopic (exact) mass is 352 g/mol. The molecule has 3 rings (SSSR count). The summed E-state index contributed by atoms with van der Waals surface area (Å²) in [4.78, 5) is 14.7. The average molecular weight is 353 g/mol. The minimum Gasteiger partial charge on any atom is -0.315 e. The summed E-state index contributed by atoms with van der Waals surface area (Å²) in [7, 11) is 0. The molecule has 3 nitrogen and oxygen atoms in total. The molecule has 0 spiro atoms. The van der Waals surface area contributed by atoms with Gasteiger partial charge in [-0.3, -0.25) is 4.79 Å². The summed E-state index contributed by atoms with van der Waals surface area (Å²) in [5, 5.41) is 3.81. The van der Waals surface area contributed by atoms with Gasteiger partial charge in [0.15, 0.2) is 0 Å². The molecule has 1 aliphatic rings. The standard InChI is InChI=1S/C17H15Cl2FN2O/c18-15-3-1-2-14(16(15)19)17(23)22(13-8-9-21-10-13)12-6-4-11(20)5-7-12/h1-7,13,21H,8-10H2. The van der Waals surface area contributed by atoms with Crippen LogP contribution in [0.2, 0.25) is 10.0 Å². The molecular formula is C17H15Cl2FN2O. The number of hydrogen-bond acceptors (Lipinski definition) is 2. The van der Waals surface area contributed by atoms with E-state index in [9.17, 15) is 9.18 Å². The maximum atomic E-state index is 13.2. The maximum absolute atomic E-state index is 13.2. The molecule has 1 heterocycles. The number of carbonyl (C=O) groups excluding carboxylic acids is 1. The fourth-order valence-corrected chi connectivity index (χ4v) is 3.14. The van der Waals surface area contributed by atoms with E-state index in [-0.39, 0.29) is 22.8 Å². The summed E-state index contributed by atoms with van der Waals surface area (Å²) >= 11 is 12.2. The molecule has 1 N–H and O–H groups in total. The Labute approximate surface area is 144 Å². The number of amides is 1. The Kier molecular flexibility index (Phi) is 4.85. The lowest BCUT2D eigenvalue weighted by Gasteiger charge is -2.29. The number of benzene rings is 2. The van der Waals surface area contributed by atoms with E-state index in [1.54, 1.807) is 35.2 Å². The Hall–Kier alpha value is -1.62. The van der Waals surface area contributed by atoms with Crippen LogP contribution in [0.15, 0.2) is 42.5 Å². The van der Waals surface area contributed by atoms with Gasteiger partial charge in [0.05, 0.1) is 21.7 Å². The first-order valence-corrected chi connectivity index (χ1v) is 8.07. The van der Waals surface area contributed by atoms with Crippen molar-refractivity contribution in [3.63, 3.8) is 0 Å². The minimum atomic E-state index is -0.341. The van der Waals surface area contributed by atoms with E-state index in [4.69, 9.17) is 23.2 Å². The predicted molar refractivity (Wildman–Crippen MR) is 90.9 cm³/mol. The van der Waals surface area contributed by atoms with Gasteiger partial charge in [0.2, 0.25) is 0 Å². The number of anilines is 1. The number of rotatable bonds is 3. The summed E-state index contributed by atoms with van der Waals surface area (Å²) < 4.78 is 13.2. The van der Waals surface area contributed by atoms with Crippen LogP contribution < -0.4 is 10.2 Å². The van der Waals surface area contributed by atoms with E-state index in [1.165, 1.54) is 12.1 Å². The second kappa shape index (κ2) is 6.87. The number of halogens is 3. The van der Waals surface area contributed by atoms with Gasteiger partial charge in [0.25, 0.3) is 5.91 Å². The van der Waals surface area contributed by atoms with Crippen LogP contribution in [0.3, 0.4) is 0 Å². The van der Waals surface area contributed by atoms with Crippen molar-refractivity contribution in [3.05, 3.63) is 63.9 Å². The number of nitrogens with zero attached hydrogens (tertiary/aromatic N) is 1. The topological polar surface area (TPSA) is 32.3 Å². The first-order chi connectivity index (χ1) is 11.1. The number of hydrogen-bond donors (Lipinski definition) is 1. The van der Waals surface area contributed by atoms with E-state index >= 15 is 0 Å². The van der Waals surface area contributed by atoms with Gasteiger partial charge >= 0.3 is 0 Å². The van der Waals surface area contributed by atoms with Gasteiger partial charge in [-0.05, 0) is 49.4 Å². The highest BCUT2D eigenvalue weighted by Crippen LogP contribution is 2.30. The lowest BCUT2D eigenvalue weighted by Crippen LogP contribution is -2.42. The molecule has 0 radical (unpaired) electrons. The second-order valence-electron chi connectivity index (χ2n) is 5.40. The molecule has 0 bridgehead atoms. The molecule has 1 fully saturated rings. The third-order valence-corrected chi connectivity index (χ3v) is 4.72. The number of carbonyl (C=O) groups is 1. The molecule has 1 aliphatic heterocycles. The van der Waals surface area contributed by atoms with Crippen LogP contribution in [0.4, 0.5) is 10.1 Å². The molecule has 23 heavy (non-hydrogen) atoms. The lowest BCUT2D eigenvalue weighted by atomic mass is 10.1. The average Bonchev–Trinajstić information content (AvgIpc) is 3.06. The van der Waals surface area contributed by atoms with Crippen LogP contribution in [-0.2, 0) is 0 Å². The molecule has 120 valence electrons. The van der Waals surface area contributed by atoms with Crippen molar-refractivity contribution in [1.82, 2.24) is 5.32 Å². The molecule has 2 aromatic rings. The Balaban J connectivity index is 2.02. The lowest BCUT2D eigenvalue weighted by molar-refractivity contribution is 0.0978. The van der Waals surface area contributed by atoms with Gasteiger partial charge in [-0.1, -0.05) is 29.3 Å².